The first-order chi connectivity index (χ1) is 17.2. The Morgan fingerprint density at radius 3 is 2.43 bits per heavy atom. The molecule has 1 aliphatic carbocycles. The number of amides is 1. The lowest BCUT2D eigenvalue weighted by Gasteiger charge is -2.29. The Hall–Kier alpha value is -3.24. The molecule has 35 heavy (non-hydrogen) atoms. The van der Waals surface area contributed by atoms with Crippen LogP contribution < -0.4 is 5.32 Å². The molecule has 0 unspecified atom stereocenters. The molecule has 0 saturated carbocycles. The van der Waals surface area contributed by atoms with Crippen molar-refractivity contribution in [3.8, 4) is 0 Å². The SMILES string of the molecule is O=C(Cc1ccccc1)c1cccc(C(=O)N[C@@H]2CCCc3cc(CN4CCCCC4)ccc32)c1. The topological polar surface area (TPSA) is 49.4 Å². The van der Waals surface area contributed by atoms with Crippen molar-refractivity contribution < 1.29 is 9.59 Å². The number of rotatable bonds is 7. The third-order valence-corrected chi connectivity index (χ3v) is 7.34. The summed E-state index contributed by atoms with van der Waals surface area (Å²) in [5.41, 5.74) is 6.07. The maximum Gasteiger partial charge on any atom is 0.251 e. The van der Waals surface area contributed by atoms with Gasteiger partial charge in [-0.1, -0.05) is 67.1 Å². The molecule has 0 bridgehead atoms. The summed E-state index contributed by atoms with van der Waals surface area (Å²) in [4.78, 5) is 28.5. The summed E-state index contributed by atoms with van der Waals surface area (Å²) in [6.07, 6.45) is 7.38. The standard InChI is InChI=1S/C31H34N2O2/c34-30(20-23-9-3-1-4-10-23)26-12-7-13-27(21-26)31(35)32-29-14-8-11-25-19-24(15-16-28(25)29)22-33-17-5-2-6-18-33/h1,3-4,7,9-10,12-13,15-16,19,21,29H,2,5-6,8,11,14,17-18,20,22H2,(H,32,35)/t29-/m1/s1. The van der Waals surface area contributed by atoms with Crippen LogP contribution in [0.5, 0.6) is 0 Å². The summed E-state index contributed by atoms with van der Waals surface area (Å²) in [6, 6.07) is 23.7. The number of aryl methyl sites for hydroxylation is 1. The molecule has 1 amide bonds. The number of nitrogens with zero attached hydrogens (tertiary/aromatic N) is 1. The molecule has 1 fully saturated rings. The first-order valence-corrected chi connectivity index (χ1v) is 13.0. The van der Waals surface area contributed by atoms with Gasteiger partial charge in [0.2, 0.25) is 0 Å². The molecule has 1 N–H and O–H groups in total. The van der Waals surface area contributed by atoms with Crippen LogP contribution >= 0.6 is 0 Å². The van der Waals surface area contributed by atoms with E-state index in [1.807, 2.05) is 30.3 Å². The summed E-state index contributed by atoms with van der Waals surface area (Å²) >= 11 is 0. The number of nitrogens with one attached hydrogen (secondary N) is 1. The number of benzene rings is 3. The Morgan fingerprint density at radius 2 is 1.60 bits per heavy atom. The zero-order chi connectivity index (χ0) is 24.0. The van der Waals surface area contributed by atoms with Gasteiger partial charge in [0.25, 0.3) is 5.91 Å². The second-order valence-corrected chi connectivity index (χ2v) is 9.95. The highest BCUT2D eigenvalue weighted by atomic mass is 16.1. The third-order valence-electron chi connectivity index (χ3n) is 7.34. The fraction of sp³-hybridized carbons (Fsp3) is 0.355. The lowest BCUT2D eigenvalue weighted by atomic mass is 9.86. The van der Waals surface area contributed by atoms with Crippen LogP contribution in [-0.2, 0) is 19.4 Å². The van der Waals surface area contributed by atoms with Gasteiger partial charge in [-0.2, -0.15) is 0 Å². The molecule has 1 aliphatic heterocycles. The summed E-state index contributed by atoms with van der Waals surface area (Å²) in [7, 11) is 0. The molecular formula is C31H34N2O2. The molecule has 4 heteroatoms. The second-order valence-electron chi connectivity index (χ2n) is 9.95. The minimum atomic E-state index is -0.116. The second kappa shape index (κ2) is 11.0. The number of likely N-dealkylation sites (tertiary alicyclic amines) is 1. The average molecular weight is 467 g/mol. The molecule has 5 rings (SSSR count). The molecule has 0 radical (unpaired) electrons. The molecule has 0 spiro atoms. The van der Waals surface area contributed by atoms with E-state index in [1.54, 1.807) is 24.3 Å². The minimum Gasteiger partial charge on any atom is -0.345 e. The Balaban J connectivity index is 1.26. The van der Waals surface area contributed by atoms with Crippen LogP contribution in [0.1, 0.15) is 81.1 Å². The van der Waals surface area contributed by atoms with Crippen LogP contribution in [0.25, 0.3) is 0 Å². The van der Waals surface area contributed by atoms with Crippen LogP contribution in [0, 0.1) is 0 Å². The molecule has 0 aromatic heterocycles. The molecule has 1 saturated heterocycles. The van der Waals surface area contributed by atoms with Gasteiger partial charge in [0.15, 0.2) is 5.78 Å². The molecule has 180 valence electrons. The number of hydrogen-bond donors (Lipinski definition) is 1. The number of piperidine rings is 1. The average Bonchev–Trinajstić information content (AvgIpc) is 2.90. The highest BCUT2D eigenvalue weighted by Gasteiger charge is 2.23. The predicted molar refractivity (Wildman–Crippen MR) is 140 cm³/mol. The van der Waals surface area contributed by atoms with Crippen molar-refractivity contribution in [3.05, 3.63) is 106 Å². The highest BCUT2D eigenvalue weighted by Crippen LogP contribution is 2.31. The summed E-state index contributed by atoms with van der Waals surface area (Å²) in [6.45, 7) is 3.42. The van der Waals surface area contributed by atoms with E-state index < -0.39 is 0 Å². The van der Waals surface area contributed by atoms with Gasteiger partial charge in [-0.05, 0) is 79.6 Å². The lowest BCUT2D eigenvalue weighted by molar-refractivity contribution is 0.0932. The molecule has 1 heterocycles. The van der Waals surface area contributed by atoms with Gasteiger partial charge in [-0.3, -0.25) is 14.5 Å². The van der Waals surface area contributed by atoms with Crippen LogP contribution in [0.4, 0.5) is 0 Å². The van der Waals surface area contributed by atoms with E-state index in [2.05, 4.69) is 28.4 Å². The number of carbonyl (C=O) groups excluding carboxylic acids is 2. The van der Waals surface area contributed by atoms with E-state index in [4.69, 9.17) is 0 Å². The number of fused-ring (bicyclic) bond motifs is 1. The van der Waals surface area contributed by atoms with Crippen LogP contribution in [-0.4, -0.2) is 29.7 Å². The molecule has 2 aliphatic rings. The van der Waals surface area contributed by atoms with Gasteiger partial charge in [0.05, 0.1) is 6.04 Å². The Bertz CT molecular complexity index is 1180. The largest absolute Gasteiger partial charge is 0.345 e. The van der Waals surface area contributed by atoms with Crippen LogP contribution in [0.2, 0.25) is 0 Å². The van der Waals surface area contributed by atoms with Crippen molar-refractivity contribution in [3.63, 3.8) is 0 Å². The monoisotopic (exact) mass is 466 g/mol. The first kappa shape index (κ1) is 23.5. The normalized spacial score (nSPS) is 18.0. The summed E-state index contributed by atoms with van der Waals surface area (Å²) in [5, 5.41) is 3.25. The van der Waals surface area contributed by atoms with Gasteiger partial charge in [0, 0.05) is 24.1 Å². The summed E-state index contributed by atoms with van der Waals surface area (Å²) in [5.74, 6) is -0.0929. The van der Waals surface area contributed by atoms with E-state index in [9.17, 15) is 9.59 Å². The summed E-state index contributed by atoms with van der Waals surface area (Å²) < 4.78 is 0. The minimum absolute atomic E-state index is 0.0129. The maximum absolute atomic E-state index is 13.2. The van der Waals surface area contributed by atoms with E-state index in [-0.39, 0.29) is 17.7 Å². The number of ketones is 1. The number of hydrogen-bond acceptors (Lipinski definition) is 3. The molecule has 3 aromatic carbocycles. The van der Waals surface area contributed by atoms with Gasteiger partial charge in [-0.15, -0.1) is 0 Å². The molecule has 4 nitrogen and oxygen atoms in total. The molecule has 1 atom stereocenters. The Labute approximate surface area is 208 Å². The van der Waals surface area contributed by atoms with Crippen LogP contribution in [0.15, 0.2) is 72.8 Å². The fourth-order valence-electron chi connectivity index (χ4n) is 5.45. The van der Waals surface area contributed by atoms with Crippen LogP contribution in [0.3, 0.4) is 0 Å². The van der Waals surface area contributed by atoms with E-state index >= 15 is 0 Å². The Kier molecular flexibility index (Phi) is 7.39. The maximum atomic E-state index is 13.2. The van der Waals surface area contributed by atoms with Gasteiger partial charge in [0.1, 0.15) is 0 Å². The first-order valence-electron chi connectivity index (χ1n) is 13.0. The third kappa shape index (κ3) is 5.88. The number of Topliss-reactive ketones (excluding diaryl/α,β-unsaturated/α-hetero) is 1. The van der Waals surface area contributed by atoms with Crippen molar-refractivity contribution in [2.45, 2.75) is 57.5 Å². The van der Waals surface area contributed by atoms with E-state index in [1.165, 1.54) is 49.0 Å². The fourth-order valence-corrected chi connectivity index (χ4v) is 5.45. The molecule has 3 aromatic rings. The zero-order valence-corrected chi connectivity index (χ0v) is 20.3. The Morgan fingerprint density at radius 1 is 0.800 bits per heavy atom. The smallest absolute Gasteiger partial charge is 0.251 e. The van der Waals surface area contributed by atoms with E-state index in [0.29, 0.717) is 17.5 Å². The quantitative estimate of drug-likeness (QED) is 0.441. The lowest BCUT2D eigenvalue weighted by Crippen LogP contribution is -2.31. The van der Waals surface area contributed by atoms with Gasteiger partial charge >= 0.3 is 0 Å². The van der Waals surface area contributed by atoms with Crippen molar-refractivity contribution in [1.82, 2.24) is 10.2 Å². The van der Waals surface area contributed by atoms with E-state index in [0.717, 1.165) is 31.4 Å². The highest BCUT2D eigenvalue weighted by molar-refractivity contribution is 6.01. The van der Waals surface area contributed by atoms with Gasteiger partial charge < -0.3 is 5.32 Å². The molecular weight excluding hydrogens is 432 g/mol. The van der Waals surface area contributed by atoms with Crippen molar-refractivity contribution >= 4 is 11.7 Å². The van der Waals surface area contributed by atoms with Crippen molar-refractivity contribution in [1.29, 1.82) is 0 Å². The number of carbonyl (C=O) groups is 2. The zero-order valence-electron chi connectivity index (χ0n) is 20.3. The van der Waals surface area contributed by atoms with Crippen molar-refractivity contribution in [2.75, 3.05) is 13.1 Å². The van der Waals surface area contributed by atoms with Crippen molar-refractivity contribution in [2.24, 2.45) is 0 Å². The predicted octanol–water partition coefficient (Wildman–Crippen LogP) is 5.91. The van der Waals surface area contributed by atoms with Gasteiger partial charge in [-0.25, -0.2) is 0 Å².